The van der Waals surface area contributed by atoms with Gasteiger partial charge in [0.05, 0.1) is 5.25 Å². The molecule has 1 saturated carbocycles. The van der Waals surface area contributed by atoms with Crippen LogP contribution < -0.4 is 10.6 Å². The van der Waals surface area contributed by atoms with Gasteiger partial charge in [0.2, 0.25) is 11.8 Å². The molecule has 27 heavy (non-hydrogen) atoms. The van der Waals surface area contributed by atoms with E-state index in [1.807, 2.05) is 32.0 Å². The van der Waals surface area contributed by atoms with Gasteiger partial charge in [0, 0.05) is 11.6 Å². The molecule has 1 atom stereocenters. The number of urea groups is 1. The molecule has 1 heterocycles. The Hall–Kier alpha value is -2.35. The summed E-state index contributed by atoms with van der Waals surface area (Å²) in [7, 11) is 0. The smallest absolute Gasteiger partial charge is 0.321 e. The molecule has 0 bridgehead atoms. The Morgan fingerprint density at radius 1 is 1.19 bits per heavy atom. The summed E-state index contributed by atoms with van der Waals surface area (Å²) in [4.78, 5) is 24.1. The van der Waals surface area contributed by atoms with Crippen molar-refractivity contribution in [3.8, 4) is 11.5 Å². The van der Waals surface area contributed by atoms with Crippen molar-refractivity contribution in [3.63, 3.8) is 0 Å². The highest BCUT2D eigenvalue weighted by Crippen LogP contribution is 2.27. The second-order valence-electron chi connectivity index (χ2n) is 6.88. The number of hydrogen-bond donors (Lipinski definition) is 2. The minimum atomic E-state index is -0.535. The average Bonchev–Trinajstić information content (AvgIpc) is 3.29. The van der Waals surface area contributed by atoms with Gasteiger partial charge >= 0.3 is 6.03 Å². The molecule has 0 saturated heterocycles. The molecule has 0 aliphatic heterocycles. The summed E-state index contributed by atoms with van der Waals surface area (Å²) in [6.45, 7) is 5.76. The Morgan fingerprint density at radius 3 is 2.63 bits per heavy atom. The van der Waals surface area contributed by atoms with Gasteiger partial charge in [0.15, 0.2) is 0 Å². The van der Waals surface area contributed by atoms with Crippen molar-refractivity contribution in [3.05, 3.63) is 29.3 Å². The predicted octanol–water partition coefficient (Wildman–Crippen LogP) is 3.60. The van der Waals surface area contributed by atoms with Crippen LogP contribution in [0, 0.1) is 13.8 Å². The van der Waals surface area contributed by atoms with Crippen LogP contribution >= 0.6 is 11.8 Å². The predicted molar refractivity (Wildman–Crippen MR) is 103 cm³/mol. The fourth-order valence-corrected chi connectivity index (χ4v) is 3.64. The quantitative estimate of drug-likeness (QED) is 0.760. The Bertz CT molecular complexity index is 830. The lowest BCUT2D eigenvalue weighted by atomic mass is 10.1. The Labute approximate surface area is 162 Å². The van der Waals surface area contributed by atoms with E-state index in [-0.39, 0.29) is 11.9 Å². The Balaban J connectivity index is 1.55. The van der Waals surface area contributed by atoms with E-state index in [1.165, 1.54) is 5.56 Å². The summed E-state index contributed by atoms with van der Waals surface area (Å²) < 4.78 is 5.66. The molecule has 0 unspecified atom stereocenters. The van der Waals surface area contributed by atoms with Gasteiger partial charge in [-0.05, 0) is 56.9 Å². The Kier molecular flexibility index (Phi) is 6.15. The number of thioether (sulfide) groups is 1. The fourth-order valence-electron chi connectivity index (χ4n) is 2.96. The van der Waals surface area contributed by atoms with Crippen molar-refractivity contribution in [2.24, 2.45) is 0 Å². The van der Waals surface area contributed by atoms with E-state index in [0.717, 1.165) is 48.6 Å². The topological polar surface area (TPSA) is 97.1 Å². The lowest BCUT2D eigenvalue weighted by Gasteiger charge is -2.13. The SMILES string of the molecule is Cc1ccc(-c2nnc(S[C@@H](C)C(=O)NC(=O)NC3CCCC3)o2)cc1C. The van der Waals surface area contributed by atoms with Crippen LogP contribution in [-0.2, 0) is 4.79 Å². The third kappa shape index (κ3) is 5.09. The highest BCUT2D eigenvalue weighted by molar-refractivity contribution is 8.00. The van der Waals surface area contributed by atoms with Gasteiger partial charge in [-0.3, -0.25) is 10.1 Å². The number of hydrogen-bond acceptors (Lipinski definition) is 6. The summed E-state index contributed by atoms with van der Waals surface area (Å²) >= 11 is 1.13. The first-order valence-electron chi connectivity index (χ1n) is 9.11. The standard InChI is InChI=1S/C19H24N4O3S/c1-11-8-9-14(10-12(11)2)17-22-23-19(26-17)27-13(3)16(24)21-18(25)20-15-6-4-5-7-15/h8-10,13,15H,4-7H2,1-3H3,(H2,20,21,24,25)/t13-/m0/s1. The minimum Gasteiger partial charge on any atom is -0.411 e. The van der Waals surface area contributed by atoms with Gasteiger partial charge in [0.25, 0.3) is 5.22 Å². The van der Waals surface area contributed by atoms with Crippen molar-refractivity contribution in [1.29, 1.82) is 0 Å². The number of imide groups is 1. The number of carbonyl (C=O) groups is 2. The number of nitrogens with one attached hydrogen (secondary N) is 2. The van der Waals surface area contributed by atoms with Gasteiger partial charge in [-0.25, -0.2) is 4.79 Å². The number of aryl methyl sites for hydroxylation is 2. The molecule has 0 spiro atoms. The number of amides is 3. The summed E-state index contributed by atoms with van der Waals surface area (Å²) in [6, 6.07) is 5.63. The molecule has 2 N–H and O–H groups in total. The molecule has 144 valence electrons. The molecule has 1 aliphatic rings. The molecule has 3 rings (SSSR count). The lowest BCUT2D eigenvalue weighted by molar-refractivity contribution is -0.119. The highest BCUT2D eigenvalue weighted by atomic mass is 32.2. The third-order valence-electron chi connectivity index (χ3n) is 4.73. The Morgan fingerprint density at radius 2 is 1.93 bits per heavy atom. The average molecular weight is 388 g/mol. The molecular weight excluding hydrogens is 364 g/mol. The van der Waals surface area contributed by atoms with E-state index >= 15 is 0 Å². The summed E-state index contributed by atoms with van der Waals surface area (Å²) in [5.74, 6) is 0.0219. The lowest BCUT2D eigenvalue weighted by Crippen LogP contribution is -2.45. The van der Waals surface area contributed by atoms with Gasteiger partial charge in [-0.15, -0.1) is 10.2 Å². The maximum absolute atomic E-state index is 12.2. The first kappa shape index (κ1) is 19.4. The molecule has 0 radical (unpaired) electrons. The van der Waals surface area contributed by atoms with E-state index in [4.69, 9.17) is 4.42 Å². The zero-order chi connectivity index (χ0) is 19.4. The van der Waals surface area contributed by atoms with E-state index in [0.29, 0.717) is 11.1 Å². The van der Waals surface area contributed by atoms with E-state index in [2.05, 4.69) is 20.8 Å². The highest BCUT2D eigenvalue weighted by Gasteiger charge is 2.23. The van der Waals surface area contributed by atoms with Crippen LogP contribution in [0.3, 0.4) is 0 Å². The summed E-state index contributed by atoms with van der Waals surface area (Å²) in [5, 5.41) is 13.0. The summed E-state index contributed by atoms with van der Waals surface area (Å²) in [6.07, 6.45) is 4.17. The fraction of sp³-hybridized carbons (Fsp3) is 0.474. The molecular formula is C19H24N4O3S. The number of aromatic nitrogens is 2. The molecule has 1 fully saturated rings. The maximum Gasteiger partial charge on any atom is 0.321 e. The van der Waals surface area contributed by atoms with E-state index < -0.39 is 11.3 Å². The van der Waals surface area contributed by atoms with Gasteiger partial charge in [-0.2, -0.15) is 0 Å². The zero-order valence-corrected chi connectivity index (χ0v) is 16.6. The van der Waals surface area contributed by atoms with Crippen LogP contribution in [0.25, 0.3) is 11.5 Å². The maximum atomic E-state index is 12.2. The van der Waals surface area contributed by atoms with Crippen LogP contribution in [0.4, 0.5) is 4.79 Å². The molecule has 1 aromatic heterocycles. The second kappa shape index (κ2) is 8.56. The van der Waals surface area contributed by atoms with Crippen molar-refractivity contribution >= 4 is 23.7 Å². The monoisotopic (exact) mass is 388 g/mol. The molecule has 7 nitrogen and oxygen atoms in total. The van der Waals surface area contributed by atoms with Crippen LogP contribution in [0.2, 0.25) is 0 Å². The molecule has 1 aromatic carbocycles. The summed E-state index contributed by atoms with van der Waals surface area (Å²) in [5.41, 5.74) is 3.17. The normalized spacial score (nSPS) is 15.5. The van der Waals surface area contributed by atoms with Crippen molar-refractivity contribution in [2.75, 3.05) is 0 Å². The molecule has 8 heteroatoms. The van der Waals surface area contributed by atoms with E-state index in [9.17, 15) is 9.59 Å². The first-order chi connectivity index (χ1) is 12.9. The van der Waals surface area contributed by atoms with Crippen LogP contribution in [-0.4, -0.2) is 33.4 Å². The van der Waals surface area contributed by atoms with Gasteiger partial charge in [-0.1, -0.05) is 30.7 Å². The zero-order valence-electron chi connectivity index (χ0n) is 15.7. The van der Waals surface area contributed by atoms with E-state index in [1.54, 1.807) is 6.92 Å². The number of benzene rings is 1. The van der Waals surface area contributed by atoms with Crippen molar-refractivity contribution in [1.82, 2.24) is 20.8 Å². The molecule has 1 aliphatic carbocycles. The minimum absolute atomic E-state index is 0.164. The van der Waals surface area contributed by atoms with Crippen LogP contribution in [0.5, 0.6) is 0 Å². The molecule has 3 amide bonds. The second-order valence-corrected chi connectivity index (χ2v) is 8.17. The third-order valence-corrected chi connectivity index (χ3v) is 5.67. The van der Waals surface area contributed by atoms with Crippen molar-refractivity contribution in [2.45, 2.75) is 63.0 Å². The number of rotatable bonds is 5. The van der Waals surface area contributed by atoms with Crippen LogP contribution in [0.15, 0.2) is 27.8 Å². The van der Waals surface area contributed by atoms with Gasteiger partial charge in [0.1, 0.15) is 0 Å². The largest absolute Gasteiger partial charge is 0.411 e. The first-order valence-corrected chi connectivity index (χ1v) is 9.99. The van der Waals surface area contributed by atoms with Crippen molar-refractivity contribution < 1.29 is 14.0 Å². The van der Waals surface area contributed by atoms with Gasteiger partial charge < -0.3 is 9.73 Å². The molecule has 2 aromatic rings. The van der Waals surface area contributed by atoms with Crippen LogP contribution in [0.1, 0.15) is 43.7 Å². The number of nitrogens with zero attached hydrogens (tertiary/aromatic N) is 2. The number of carbonyl (C=O) groups excluding carboxylic acids is 2.